The van der Waals surface area contributed by atoms with Gasteiger partial charge in [0.05, 0.1) is 4.83 Å². The van der Waals surface area contributed by atoms with Gasteiger partial charge in [-0.25, -0.2) is 4.39 Å². The molecule has 0 aromatic heterocycles. The molecule has 1 aromatic rings. The van der Waals surface area contributed by atoms with E-state index in [0.29, 0.717) is 30.0 Å². The van der Waals surface area contributed by atoms with E-state index in [9.17, 15) is 9.18 Å². The molecule has 3 nitrogen and oxygen atoms in total. The first-order valence-electron chi connectivity index (χ1n) is 7.06. The predicted octanol–water partition coefficient (Wildman–Crippen LogP) is 3.58. The van der Waals surface area contributed by atoms with Crippen molar-refractivity contribution in [3.63, 3.8) is 0 Å². The number of allylic oxidation sites excluding steroid dienone is 1. The fourth-order valence-electron chi connectivity index (χ4n) is 2.28. The molecule has 0 bridgehead atoms. The Morgan fingerprint density at radius 3 is 2.91 bits per heavy atom. The minimum absolute atomic E-state index is 0.0436. The number of hydrogen-bond acceptors (Lipinski definition) is 2. The molecular weight excluding hydrogens is 349 g/mol. The maximum absolute atomic E-state index is 14.4. The van der Waals surface area contributed by atoms with E-state index in [2.05, 4.69) is 27.8 Å². The van der Waals surface area contributed by atoms with Gasteiger partial charge in [0, 0.05) is 23.9 Å². The van der Waals surface area contributed by atoms with Crippen LogP contribution in [-0.4, -0.2) is 28.8 Å². The Bertz CT molecular complexity index is 660. The summed E-state index contributed by atoms with van der Waals surface area (Å²) in [6, 6.07) is 4.65. The molecule has 5 heteroatoms. The maximum Gasteiger partial charge on any atom is 0.241 e. The molecule has 1 aliphatic rings. The molecule has 2 rings (SSSR count). The van der Waals surface area contributed by atoms with Crippen LogP contribution in [-0.2, 0) is 4.79 Å². The van der Waals surface area contributed by atoms with Crippen LogP contribution >= 0.6 is 15.9 Å². The van der Waals surface area contributed by atoms with Gasteiger partial charge >= 0.3 is 0 Å². The summed E-state index contributed by atoms with van der Waals surface area (Å²) in [6.07, 6.45) is 2.43. The number of rotatable bonds is 4. The smallest absolute Gasteiger partial charge is 0.241 e. The second-order valence-corrected chi connectivity index (χ2v) is 5.84. The van der Waals surface area contributed by atoms with Crippen LogP contribution in [0.3, 0.4) is 0 Å². The highest BCUT2D eigenvalue weighted by Gasteiger charge is 2.29. The van der Waals surface area contributed by atoms with E-state index < -0.39 is 5.82 Å². The van der Waals surface area contributed by atoms with E-state index in [4.69, 9.17) is 4.74 Å². The summed E-state index contributed by atoms with van der Waals surface area (Å²) in [5.41, 5.74) is 1.02. The molecule has 22 heavy (non-hydrogen) atoms. The van der Waals surface area contributed by atoms with E-state index in [-0.39, 0.29) is 17.3 Å². The summed E-state index contributed by atoms with van der Waals surface area (Å²) in [5.74, 6) is 5.44. The molecule has 0 saturated carbocycles. The number of halogens is 2. The summed E-state index contributed by atoms with van der Waals surface area (Å²) in [5, 5.41) is 0. The molecule has 0 aliphatic carbocycles. The number of benzene rings is 1. The molecule has 116 valence electrons. The lowest BCUT2D eigenvalue weighted by Gasteiger charge is -2.30. The number of alkyl halides is 1. The lowest BCUT2D eigenvalue weighted by Crippen LogP contribution is -2.38. The zero-order valence-corrected chi connectivity index (χ0v) is 14.1. The number of ether oxygens (including phenoxy) is 1. The van der Waals surface area contributed by atoms with E-state index in [1.165, 1.54) is 6.07 Å². The third kappa shape index (κ3) is 3.50. The van der Waals surface area contributed by atoms with Gasteiger partial charge in [-0.1, -0.05) is 27.9 Å². The normalized spacial score (nSPS) is 17.6. The average molecular weight is 366 g/mol. The van der Waals surface area contributed by atoms with Gasteiger partial charge in [0.15, 0.2) is 0 Å². The molecule has 1 atom stereocenters. The summed E-state index contributed by atoms with van der Waals surface area (Å²) in [6.45, 7) is 4.31. The number of carbonyl (C=O) groups is 1. The molecule has 1 aromatic carbocycles. The van der Waals surface area contributed by atoms with Crippen molar-refractivity contribution in [1.29, 1.82) is 0 Å². The standard InChI is InChI=1S/C17H17BrFNO2/c1-3-5-10-22-12-6-7-13(15(19)11-12)16-9-8-14(18)17(21)20(16)4-2/h6-7,9,11,14H,4,8,10H2,1-2H3. The molecular formula is C17H17BrFNO2. The number of amides is 1. The Labute approximate surface area is 138 Å². The van der Waals surface area contributed by atoms with Gasteiger partial charge in [-0.05, 0) is 32.4 Å². The van der Waals surface area contributed by atoms with Crippen LogP contribution < -0.4 is 4.74 Å². The largest absolute Gasteiger partial charge is 0.481 e. The average Bonchev–Trinajstić information content (AvgIpc) is 2.51. The first-order chi connectivity index (χ1) is 10.6. The third-order valence-electron chi connectivity index (χ3n) is 3.36. The maximum atomic E-state index is 14.4. The quantitative estimate of drug-likeness (QED) is 0.602. The zero-order chi connectivity index (χ0) is 16.1. The highest BCUT2D eigenvalue weighted by molar-refractivity contribution is 9.10. The van der Waals surface area contributed by atoms with Crippen LogP contribution in [0.2, 0.25) is 0 Å². The van der Waals surface area contributed by atoms with Crippen LogP contribution in [0.15, 0.2) is 24.3 Å². The fourth-order valence-corrected chi connectivity index (χ4v) is 2.71. The Morgan fingerprint density at radius 2 is 2.27 bits per heavy atom. The molecule has 0 spiro atoms. The number of hydrogen-bond donors (Lipinski definition) is 0. The van der Waals surface area contributed by atoms with E-state index in [1.54, 1.807) is 24.0 Å². The number of nitrogens with zero attached hydrogens (tertiary/aromatic N) is 1. The van der Waals surface area contributed by atoms with Crippen molar-refractivity contribution < 1.29 is 13.9 Å². The molecule has 0 fully saturated rings. The van der Waals surface area contributed by atoms with Gasteiger partial charge < -0.3 is 9.64 Å². The van der Waals surface area contributed by atoms with Crippen LogP contribution in [0.5, 0.6) is 5.75 Å². The van der Waals surface area contributed by atoms with Gasteiger partial charge in [-0.2, -0.15) is 0 Å². The van der Waals surface area contributed by atoms with Crippen LogP contribution in [0.4, 0.5) is 4.39 Å². The minimum Gasteiger partial charge on any atom is -0.481 e. The highest BCUT2D eigenvalue weighted by Crippen LogP contribution is 2.31. The van der Waals surface area contributed by atoms with Crippen LogP contribution in [0.1, 0.15) is 25.8 Å². The first-order valence-corrected chi connectivity index (χ1v) is 7.98. The van der Waals surface area contributed by atoms with Crippen molar-refractivity contribution in [1.82, 2.24) is 4.90 Å². The predicted molar refractivity (Wildman–Crippen MR) is 88.0 cm³/mol. The lowest BCUT2D eigenvalue weighted by atomic mass is 10.0. The third-order valence-corrected chi connectivity index (χ3v) is 4.13. The Kier molecular flexibility index (Phi) is 5.62. The fraction of sp³-hybridized carbons (Fsp3) is 0.353. The summed E-state index contributed by atoms with van der Waals surface area (Å²) in [4.78, 5) is 13.5. The van der Waals surface area contributed by atoms with Crippen LogP contribution in [0, 0.1) is 17.7 Å². The van der Waals surface area contributed by atoms with Crippen molar-refractivity contribution in [2.45, 2.75) is 25.1 Å². The molecule has 0 saturated heterocycles. The summed E-state index contributed by atoms with van der Waals surface area (Å²) >= 11 is 3.34. The van der Waals surface area contributed by atoms with Gasteiger partial charge in [0.25, 0.3) is 0 Å². The molecule has 1 unspecified atom stereocenters. The van der Waals surface area contributed by atoms with Gasteiger partial charge in [-0.15, -0.1) is 5.92 Å². The van der Waals surface area contributed by atoms with E-state index in [1.807, 2.05) is 13.0 Å². The lowest BCUT2D eigenvalue weighted by molar-refractivity contribution is -0.127. The topological polar surface area (TPSA) is 29.5 Å². The van der Waals surface area contributed by atoms with Crippen molar-refractivity contribution >= 4 is 27.5 Å². The Morgan fingerprint density at radius 1 is 1.50 bits per heavy atom. The molecule has 1 heterocycles. The molecule has 0 N–H and O–H groups in total. The summed E-state index contributed by atoms with van der Waals surface area (Å²) < 4.78 is 19.7. The molecule has 0 radical (unpaired) electrons. The minimum atomic E-state index is -0.410. The Balaban J connectivity index is 2.28. The van der Waals surface area contributed by atoms with Crippen molar-refractivity contribution in [3.8, 4) is 17.6 Å². The SMILES string of the molecule is CC#CCOc1ccc(C2=CCC(Br)C(=O)N2CC)c(F)c1. The second kappa shape index (κ2) is 7.46. The first kappa shape index (κ1) is 16.6. The second-order valence-electron chi connectivity index (χ2n) is 4.73. The molecule has 1 amide bonds. The van der Waals surface area contributed by atoms with E-state index >= 15 is 0 Å². The van der Waals surface area contributed by atoms with Crippen molar-refractivity contribution in [2.75, 3.05) is 13.2 Å². The van der Waals surface area contributed by atoms with Gasteiger partial charge in [0.2, 0.25) is 5.91 Å². The molecule has 1 aliphatic heterocycles. The van der Waals surface area contributed by atoms with Gasteiger partial charge in [-0.3, -0.25) is 4.79 Å². The van der Waals surface area contributed by atoms with Crippen molar-refractivity contribution in [2.24, 2.45) is 0 Å². The van der Waals surface area contributed by atoms with E-state index in [0.717, 1.165) is 0 Å². The zero-order valence-electron chi connectivity index (χ0n) is 12.5. The summed E-state index contributed by atoms with van der Waals surface area (Å²) in [7, 11) is 0. The highest BCUT2D eigenvalue weighted by atomic mass is 79.9. The Hall–Kier alpha value is -1.80. The number of carbonyl (C=O) groups excluding carboxylic acids is 1. The van der Waals surface area contributed by atoms with Gasteiger partial charge in [0.1, 0.15) is 18.2 Å². The van der Waals surface area contributed by atoms with Crippen molar-refractivity contribution in [3.05, 3.63) is 35.7 Å². The monoisotopic (exact) mass is 365 g/mol. The van der Waals surface area contributed by atoms with Crippen LogP contribution in [0.25, 0.3) is 5.70 Å².